The molecule has 0 amide bonds. The van der Waals surface area contributed by atoms with Crippen LogP contribution in [0.1, 0.15) is 47.5 Å². The Bertz CT molecular complexity index is 177. The average molecular weight is 329 g/mol. The second-order valence-corrected chi connectivity index (χ2v) is 6.25. The number of rotatable bonds is 0. The Balaban J connectivity index is 0.000000583. The molecule has 0 radical (unpaired) electrons. The highest BCUT2D eigenvalue weighted by atomic mass is 127. The molecule has 1 fully saturated rings. The van der Waals surface area contributed by atoms with E-state index in [0.29, 0.717) is 0 Å². The zero-order valence-electron chi connectivity index (χ0n) is 10.4. The average Bonchev–Trinajstić information content (AvgIpc) is 1.99. The molecule has 1 saturated heterocycles. The molecule has 0 atom stereocenters. The van der Waals surface area contributed by atoms with Gasteiger partial charge in [0.05, 0.1) is 6.10 Å². The van der Waals surface area contributed by atoms with Crippen LogP contribution >= 0.6 is 22.9 Å². The van der Waals surface area contributed by atoms with Crippen LogP contribution in [0.15, 0.2) is 0 Å². The van der Waals surface area contributed by atoms with Crippen molar-refractivity contribution in [2.24, 2.45) is 0 Å². The summed E-state index contributed by atoms with van der Waals surface area (Å²) in [5.41, 5.74) is 0.226. The van der Waals surface area contributed by atoms with Crippen LogP contribution in [0.3, 0.4) is 0 Å². The van der Waals surface area contributed by atoms with Gasteiger partial charge < -0.3 is 10.2 Å². The van der Waals surface area contributed by atoms with Crippen LogP contribution in [-0.2, 0) is 0 Å². The van der Waals surface area contributed by atoms with Crippen LogP contribution < -0.4 is 0 Å². The van der Waals surface area contributed by atoms with E-state index in [1.807, 2.05) is 0 Å². The summed E-state index contributed by atoms with van der Waals surface area (Å²) in [4.78, 5) is 0. The lowest BCUT2D eigenvalue weighted by Gasteiger charge is -2.50. The standard InChI is InChI=1S/C9H18INO.C2H6O/c1-8(2)5-7(12)6-9(3,4)11(8)10;1-2-3/h7,12H,5-6H2,1-4H3;3H,2H2,1H3. The summed E-state index contributed by atoms with van der Waals surface area (Å²) in [7, 11) is 0. The molecule has 0 aliphatic carbocycles. The molecule has 15 heavy (non-hydrogen) atoms. The predicted molar refractivity (Wildman–Crippen MR) is 72.0 cm³/mol. The van der Waals surface area contributed by atoms with Crippen molar-refractivity contribution in [2.75, 3.05) is 6.61 Å². The van der Waals surface area contributed by atoms with E-state index in [1.165, 1.54) is 0 Å². The minimum atomic E-state index is -0.138. The van der Waals surface area contributed by atoms with Crippen LogP contribution in [0.25, 0.3) is 0 Å². The number of hydrogen-bond acceptors (Lipinski definition) is 3. The Labute approximate surface area is 107 Å². The van der Waals surface area contributed by atoms with E-state index in [2.05, 4.69) is 53.7 Å². The summed E-state index contributed by atoms with van der Waals surface area (Å²) < 4.78 is 2.34. The van der Waals surface area contributed by atoms with Gasteiger partial charge in [-0.3, -0.25) is 0 Å². The van der Waals surface area contributed by atoms with Gasteiger partial charge in [0, 0.05) is 40.5 Å². The van der Waals surface area contributed by atoms with Crippen molar-refractivity contribution < 1.29 is 10.2 Å². The van der Waals surface area contributed by atoms with E-state index in [1.54, 1.807) is 6.92 Å². The largest absolute Gasteiger partial charge is 0.397 e. The Morgan fingerprint density at radius 2 is 1.47 bits per heavy atom. The molecule has 1 heterocycles. The summed E-state index contributed by atoms with van der Waals surface area (Å²) in [6.07, 6.45) is 1.61. The maximum absolute atomic E-state index is 9.67. The van der Waals surface area contributed by atoms with Gasteiger partial charge in [-0.15, -0.1) is 0 Å². The zero-order valence-corrected chi connectivity index (χ0v) is 12.6. The molecule has 0 bridgehead atoms. The normalized spacial score (nSPS) is 25.6. The molecule has 1 aliphatic rings. The number of piperidine rings is 1. The number of hydrogen-bond donors (Lipinski definition) is 2. The third-order valence-electron chi connectivity index (χ3n) is 2.53. The van der Waals surface area contributed by atoms with Gasteiger partial charge in [-0.1, -0.05) is 0 Å². The fourth-order valence-corrected chi connectivity index (χ4v) is 2.60. The van der Waals surface area contributed by atoms with Gasteiger partial charge in [-0.05, 0) is 47.5 Å². The van der Waals surface area contributed by atoms with E-state index in [0.717, 1.165) is 12.8 Å². The van der Waals surface area contributed by atoms with Gasteiger partial charge in [-0.2, -0.15) is 0 Å². The van der Waals surface area contributed by atoms with Gasteiger partial charge in [0.2, 0.25) is 0 Å². The molecule has 0 spiro atoms. The van der Waals surface area contributed by atoms with Crippen molar-refractivity contribution in [3.8, 4) is 0 Å². The number of nitrogens with zero attached hydrogens (tertiary/aromatic N) is 1. The molecule has 3 nitrogen and oxygen atoms in total. The van der Waals surface area contributed by atoms with Crippen molar-refractivity contribution >= 4 is 22.9 Å². The van der Waals surface area contributed by atoms with Crippen LogP contribution in [0.4, 0.5) is 0 Å². The molecule has 92 valence electrons. The molecule has 1 rings (SSSR count). The maximum Gasteiger partial charge on any atom is 0.0575 e. The first-order chi connectivity index (χ1) is 6.67. The Morgan fingerprint density at radius 1 is 1.20 bits per heavy atom. The highest BCUT2D eigenvalue weighted by molar-refractivity contribution is 14.1. The lowest BCUT2D eigenvalue weighted by Crippen LogP contribution is -2.56. The SMILES string of the molecule is CC1(C)CC(O)CC(C)(C)N1I.CCO. The topological polar surface area (TPSA) is 43.7 Å². The minimum Gasteiger partial charge on any atom is -0.397 e. The molecule has 4 heteroatoms. The molecule has 2 N–H and O–H groups in total. The first-order valence-electron chi connectivity index (χ1n) is 5.42. The predicted octanol–water partition coefficient (Wildman–Crippen LogP) is 2.35. The van der Waals surface area contributed by atoms with Crippen LogP contribution in [-0.4, -0.2) is 37.1 Å². The van der Waals surface area contributed by atoms with E-state index in [4.69, 9.17) is 5.11 Å². The smallest absolute Gasteiger partial charge is 0.0575 e. The van der Waals surface area contributed by atoms with E-state index in [9.17, 15) is 5.11 Å². The third-order valence-corrected chi connectivity index (χ3v) is 5.15. The van der Waals surface area contributed by atoms with Crippen molar-refractivity contribution in [3.05, 3.63) is 0 Å². The minimum absolute atomic E-state index is 0.113. The summed E-state index contributed by atoms with van der Waals surface area (Å²) >= 11 is 2.37. The van der Waals surface area contributed by atoms with Gasteiger partial charge in [0.25, 0.3) is 0 Å². The van der Waals surface area contributed by atoms with Crippen LogP contribution in [0.5, 0.6) is 0 Å². The highest BCUT2D eigenvalue weighted by Crippen LogP contribution is 2.40. The summed E-state index contributed by atoms with van der Waals surface area (Å²) in [6, 6.07) is 0. The Hall–Kier alpha value is 0.610. The van der Waals surface area contributed by atoms with Gasteiger partial charge in [0.1, 0.15) is 0 Å². The molecular weight excluding hydrogens is 305 g/mol. The van der Waals surface area contributed by atoms with Crippen molar-refractivity contribution in [1.82, 2.24) is 3.11 Å². The van der Waals surface area contributed by atoms with Gasteiger partial charge in [-0.25, -0.2) is 3.11 Å². The number of aliphatic hydroxyl groups excluding tert-OH is 2. The molecule has 0 aromatic carbocycles. The fourth-order valence-electron chi connectivity index (χ4n) is 2.21. The van der Waals surface area contributed by atoms with Crippen molar-refractivity contribution in [1.29, 1.82) is 0 Å². The maximum atomic E-state index is 9.67. The van der Waals surface area contributed by atoms with E-state index < -0.39 is 0 Å². The quantitative estimate of drug-likeness (QED) is 0.530. The van der Waals surface area contributed by atoms with Crippen molar-refractivity contribution in [3.63, 3.8) is 0 Å². The number of aliphatic hydroxyl groups is 2. The van der Waals surface area contributed by atoms with E-state index in [-0.39, 0.29) is 23.8 Å². The Morgan fingerprint density at radius 3 is 1.73 bits per heavy atom. The van der Waals surface area contributed by atoms with Crippen LogP contribution in [0.2, 0.25) is 0 Å². The Kier molecular flexibility index (Phi) is 6.03. The lowest BCUT2D eigenvalue weighted by atomic mass is 9.81. The van der Waals surface area contributed by atoms with Gasteiger partial charge >= 0.3 is 0 Å². The molecular formula is C11H24INO2. The monoisotopic (exact) mass is 329 g/mol. The molecule has 0 aromatic heterocycles. The lowest BCUT2D eigenvalue weighted by molar-refractivity contribution is -0.00868. The van der Waals surface area contributed by atoms with Crippen LogP contribution in [0, 0.1) is 0 Å². The van der Waals surface area contributed by atoms with Crippen molar-refractivity contribution in [2.45, 2.75) is 64.6 Å². The number of halogens is 1. The summed E-state index contributed by atoms with van der Waals surface area (Å²) in [5.74, 6) is 0. The molecule has 0 aromatic rings. The van der Waals surface area contributed by atoms with E-state index >= 15 is 0 Å². The second-order valence-electron chi connectivity index (χ2n) is 5.28. The second kappa shape index (κ2) is 5.80. The molecule has 0 saturated carbocycles. The first kappa shape index (κ1) is 15.6. The highest BCUT2D eigenvalue weighted by Gasteiger charge is 2.43. The first-order valence-corrected chi connectivity index (χ1v) is 6.39. The summed E-state index contributed by atoms with van der Waals surface area (Å²) in [5, 5.41) is 17.2. The molecule has 1 aliphatic heterocycles. The third kappa shape index (κ3) is 4.54. The molecule has 0 unspecified atom stereocenters. The zero-order chi connectivity index (χ0) is 12.3. The van der Waals surface area contributed by atoms with Gasteiger partial charge in [0.15, 0.2) is 0 Å². The fraction of sp³-hybridized carbons (Fsp3) is 1.00. The summed E-state index contributed by atoms with van der Waals surface area (Å²) in [6.45, 7) is 10.7.